The quantitative estimate of drug-likeness (QED) is 0.0261. The predicted octanol–water partition coefficient (Wildman–Crippen LogP) is 20.4. The van der Waals surface area contributed by atoms with Crippen molar-refractivity contribution in [3.05, 3.63) is 122 Å². The number of unbranched alkanes of at least 4 members (excludes halogenated alkanes) is 22. The van der Waals surface area contributed by atoms with E-state index in [9.17, 15) is 14.4 Å². The van der Waals surface area contributed by atoms with E-state index < -0.39 is 6.10 Å². The van der Waals surface area contributed by atoms with E-state index in [0.29, 0.717) is 12.8 Å². The van der Waals surface area contributed by atoms with Gasteiger partial charge in [-0.2, -0.15) is 0 Å². The Hall–Kier alpha value is -4.19. The lowest BCUT2D eigenvalue weighted by Gasteiger charge is -2.18. The van der Waals surface area contributed by atoms with Crippen molar-refractivity contribution in [3.8, 4) is 0 Å². The van der Waals surface area contributed by atoms with E-state index in [1.165, 1.54) is 83.5 Å². The summed E-state index contributed by atoms with van der Waals surface area (Å²) in [6.07, 6.45) is 83.3. The van der Waals surface area contributed by atoms with Gasteiger partial charge in [-0.25, -0.2) is 0 Å². The van der Waals surface area contributed by atoms with Crippen molar-refractivity contribution in [2.75, 3.05) is 13.2 Å². The van der Waals surface area contributed by atoms with Crippen LogP contribution in [0, 0.1) is 0 Å². The molecule has 0 amide bonds. The second-order valence-electron chi connectivity index (χ2n) is 19.5. The molecule has 0 saturated heterocycles. The van der Waals surface area contributed by atoms with E-state index in [1.54, 1.807) is 0 Å². The summed E-state index contributed by atoms with van der Waals surface area (Å²) in [5.74, 6) is -0.955. The first-order valence-electron chi connectivity index (χ1n) is 30.0. The zero-order valence-corrected chi connectivity index (χ0v) is 47.4. The average Bonchev–Trinajstić information content (AvgIpc) is 3.39. The molecule has 1 unspecified atom stereocenters. The second-order valence-corrected chi connectivity index (χ2v) is 19.5. The fourth-order valence-corrected chi connectivity index (χ4v) is 7.98. The number of ether oxygens (including phenoxy) is 3. The number of carbonyl (C=O) groups is 3. The van der Waals surface area contributed by atoms with Gasteiger partial charge in [-0.05, 0) is 128 Å². The van der Waals surface area contributed by atoms with Gasteiger partial charge in [0.2, 0.25) is 0 Å². The van der Waals surface area contributed by atoms with Gasteiger partial charge in [-0.3, -0.25) is 14.4 Å². The van der Waals surface area contributed by atoms with Crippen LogP contribution in [0.5, 0.6) is 0 Å². The van der Waals surface area contributed by atoms with Crippen molar-refractivity contribution in [1.82, 2.24) is 0 Å². The molecule has 0 radical (unpaired) electrons. The van der Waals surface area contributed by atoms with E-state index in [4.69, 9.17) is 14.2 Å². The highest BCUT2D eigenvalue weighted by molar-refractivity contribution is 5.71. The highest BCUT2D eigenvalue weighted by atomic mass is 16.6. The minimum atomic E-state index is -0.809. The Kier molecular flexibility index (Phi) is 56.9. The lowest BCUT2D eigenvalue weighted by Crippen LogP contribution is -2.30. The van der Waals surface area contributed by atoms with Crippen LogP contribution < -0.4 is 0 Å². The first-order chi connectivity index (χ1) is 36.0. The summed E-state index contributed by atoms with van der Waals surface area (Å²) in [5, 5.41) is 0. The molecule has 6 heteroatoms. The second kappa shape index (κ2) is 60.4. The molecular weight excluding hydrogens is 901 g/mol. The van der Waals surface area contributed by atoms with Crippen LogP contribution in [0.25, 0.3) is 0 Å². The SMILES string of the molecule is CC/C=C\C/C=C\C/C=C\C/C=C\C/C=C\CCCCCC(=O)OC(COC(=O)CCCCCCC/C=C\C/C=C\C/C=C\CC)COC(=O)CCCCCCCCCCC/C=C\C/C=C\CCCCCCC. The molecule has 1 atom stereocenters. The topological polar surface area (TPSA) is 78.9 Å². The standard InChI is InChI=1S/C67H110O6/c1-4-7-10-13-16-19-22-25-28-30-32-33-35-36-39-42-45-48-51-54-57-60-66(69)72-63-64(62-71-65(68)59-56-53-50-47-44-41-38-27-24-21-18-15-12-9-6-3)73-67(70)61-58-55-52-49-46-43-40-37-34-31-29-26-23-20-17-14-11-8-5-2/h8-9,11-12,17-18,20-22,25-27,29-30,32,34,37-38,43,46,64H,4-7,10,13-16,19,23-24,28,31,33,35-36,39-42,44-45,47-63H2,1-3H3/b11-8-,12-9-,20-17-,21-18-,25-22-,29-26-,32-30-,37-34-,38-27-,46-43-. The minimum absolute atomic E-state index is 0.102. The molecule has 0 fully saturated rings. The van der Waals surface area contributed by atoms with E-state index in [0.717, 1.165) is 141 Å². The molecule has 0 spiro atoms. The third-order valence-corrected chi connectivity index (χ3v) is 12.4. The molecule has 0 N–H and O–H groups in total. The molecule has 6 nitrogen and oxygen atoms in total. The van der Waals surface area contributed by atoms with Gasteiger partial charge in [-0.15, -0.1) is 0 Å². The lowest BCUT2D eigenvalue weighted by atomic mass is 10.1. The third-order valence-electron chi connectivity index (χ3n) is 12.4. The van der Waals surface area contributed by atoms with Crippen LogP contribution >= 0.6 is 0 Å². The molecule has 0 aromatic rings. The maximum Gasteiger partial charge on any atom is 0.306 e. The maximum atomic E-state index is 12.9. The summed E-state index contributed by atoms with van der Waals surface area (Å²) in [4.78, 5) is 38.2. The smallest absolute Gasteiger partial charge is 0.306 e. The zero-order chi connectivity index (χ0) is 52.9. The Bertz CT molecular complexity index is 1540. The maximum absolute atomic E-state index is 12.9. The number of hydrogen-bond acceptors (Lipinski definition) is 6. The number of hydrogen-bond donors (Lipinski definition) is 0. The van der Waals surface area contributed by atoms with Crippen molar-refractivity contribution in [3.63, 3.8) is 0 Å². The van der Waals surface area contributed by atoms with Crippen LogP contribution in [0.15, 0.2) is 122 Å². The molecular formula is C67H110O6. The van der Waals surface area contributed by atoms with Gasteiger partial charge in [0.1, 0.15) is 13.2 Å². The molecule has 0 bridgehead atoms. The summed E-state index contributed by atoms with van der Waals surface area (Å²) in [6.45, 7) is 6.36. The summed E-state index contributed by atoms with van der Waals surface area (Å²) in [5.41, 5.74) is 0. The van der Waals surface area contributed by atoms with Gasteiger partial charge in [0.05, 0.1) is 0 Å². The first kappa shape index (κ1) is 68.8. The molecule has 73 heavy (non-hydrogen) atoms. The molecule has 0 aliphatic carbocycles. The molecule has 414 valence electrons. The Morgan fingerprint density at radius 1 is 0.288 bits per heavy atom. The van der Waals surface area contributed by atoms with Gasteiger partial charge in [0.25, 0.3) is 0 Å². The van der Waals surface area contributed by atoms with Crippen LogP contribution in [-0.4, -0.2) is 37.2 Å². The van der Waals surface area contributed by atoms with Crippen LogP contribution in [0.2, 0.25) is 0 Å². The minimum Gasteiger partial charge on any atom is -0.462 e. The largest absolute Gasteiger partial charge is 0.462 e. The van der Waals surface area contributed by atoms with Crippen molar-refractivity contribution in [2.45, 2.75) is 271 Å². The van der Waals surface area contributed by atoms with Crippen LogP contribution in [0.1, 0.15) is 265 Å². The number of rotatable bonds is 53. The highest BCUT2D eigenvalue weighted by Crippen LogP contribution is 2.14. The number of carbonyl (C=O) groups excluding carboxylic acids is 3. The summed E-state index contributed by atoms with van der Waals surface area (Å²) >= 11 is 0. The van der Waals surface area contributed by atoms with E-state index in [-0.39, 0.29) is 37.5 Å². The Balaban J connectivity index is 4.47. The van der Waals surface area contributed by atoms with Gasteiger partial charge in [0, 0.05) is 19.3 Å². The average molecular weight is 1010 g/mol. The lowest BCUT2D eigenvalue weighted by molar-refractivity contribution is -0.167. The van der Waals surface area contributed by atoms with Crippen molar-refractivity contribution >= 4 is 17.9 Å². The van der Waals surface area contributed by atoms with E-state index >= 15 is 0 Å². The van der Waals surface area contributed by atoms with Gasteiger partial charge >= 0.3 is 17.9 Å². The fraction of sp³-hybridized carbons (Fsp3) is 0.657. The summed E-state index contributed by atoms with van der Waals surface area (Å²) in [6, 6.07) is 0. The summed E-state index contributed by atoms with van der Waals surface area (Å²) in [7, 11) is 0. The summed E-state index contributed by atoms with van der Waals surface area (Å²) < 4.78 is 16.9. The molecule has 0 rings (SSSR count). The fourth-order valence-electron chi connectivity index (χ4n) is 7.98. The van der Waals surface area contributed by atoms with Gasteiger partial charge in [0.15, 0.2) is 6.10 Å². The monoisotopic (exact) mass is 1010 g/mol. The molecule has 0 aliphatic heterocycles. The van der Waals surface area contributed by atoms with Crippen LogP contribution in [0.4, 0.5) is 0 Å². The Morgan fingerprint density at radius 3 is 0.849 bits per heavy atom. The van der Waals surface area contributed by atoms with E-state index in [1.807, 2.05) is 0 Å². The van der Waals surface area contributed by atoms with Crippen molar-refractivity contribution < 1.29 is 28.6 Å². The van der Waals surface area contributed by atoms with E-state index in [2.05, 4.69) is 142 Å². The molecule has 0 aromatic carbocycles. The molecule has 0 heterocycles. The third kappa shape index (κ3) is 58.6. The van der Waals surface area contributed by atoms with Crippen molar-refractivity contribution in [2.24, 2.45) is 0 Å². The molecule has 0 aromatic heterocycles. The molecule has 0 aliphatic rings. The van der Waals surface area contributed by atoms with Crippen LogP contribution in [-0.2, 0) is 28.6 Å². The number of esters is 3. The Morgan fingerprint density at radius 2 is 0.534 bits per heavy atom. The molecule has 0 saturated carbocycles. The first-order valence-corrected chi connectivity index (χ1v) is 30.0. The number of allylic oxidation sites excluding steroid dienone is 20. The van der Waals surface area contributed by atoms with Gasteiger partial charge in [-0.1, -0.05) is 239 Å². The zero-order valence-electron chi connectivity index (χ0n) is 47.4. The van der Waals surface area contributed by atoms with Crippen molar-refractivity contribution in [1.29, 1.82) is 0 Å². The van der Waals surface area contributed by atoms with Gasteiger partial charge < -0.3 is 14.2 Å². The predicted molar refractivity (Wildman–Crippen MR) is 316 cm³/mol. The normalized spacial score (nSPS) is 13.0. The van der Waals surface area contributed by atoms with Crippen LogP contribution in [0.3, 0.4) is 0 Å². The Labute approximate surface area is 450 Å². The highest BCUT2D eigenvalue weighted by Gasteiger charge is 2.19.